The van der Waals surface area contributed by atoms with Crippen LogP contribution in [0.3, 0.4) is 0 Å². The van der Waals surface area contributed by atoms with Gasteiger partial charge in [-0.25, -0.2) is 0 Å². The number of nitrogens with one attached hydrogen (secondary N) is 2. The van der Waals surface area contributed by atoms with Gasteiger partial charge in [0.1, 0.15) is 0 Å². The lowest BCUT2D eigenvalue weighted by atomic mass is 10.1. The molecule has 0 radical (unpaired) electrons. The van der Waals surface area contributed by atoms with Crippen LogP contribution in [0, 0.1) is 0 Å². The van der Waals surface area contributed by atoms with Gasteiger partial charge in [-0.1, -0.05) is 30.3 Å². The summed E-state index contributed by atoms with van der Waals surface area (Å²) in [6, 6.07) is 11.0. The molecule has 2 rings (SSSR count). The number of halogens is 1. The lowest BCUT2D eigenvalue weighted by molar-refractivity contribution is -0.0136. The van der Waals surface area contributed by atoms with Crippen LogP contribution in [0.25, 0.3) is 0 Å². The molecule has 1 aromatic rings. The van der Waals surface area contributed by atoms with Crippen LogP contribution in [0.2, 0.25) is 0 Å². The van der Waals surface area contributed by atoms with Crippen molar-refractivity contribution in [1.82, 2.24) is 15.5 Å². The Morgan fingerprint density at radius 2 is 2.12 bits per heavy atom. The number of ether oxygens (including phenoxy) is 1. The molecule has 1 fully saturated rings. The Kier molecular flexibility index (Phi) is 11.1. The average Bonchev–Trinajstić information content (AvgIpc) is 2.59. The molecule has 1 aliphatic heterocycles. The first-order valence-corrected chi connectivity index (χ1v) is 9.06. The molecule has 25 heavy (non-hydrogen) atoms. The molecule has 6 heteroatoms. The Morgan fingerprint density at radius 3 is 2.80 bits per heavy atom. The Morgan fingerprint density at radius 1 is 1.36 bits per heavy atom. The van der Waals surface area contributed by atoms with E-state index in [9.17, 15) is 0 Å². The van der Waals surface area contributed by atoms with E-state index in [4.69, 9.17) is 9.73 Å². The molecule has 2 unspecified atom stereocenters. The number of rotatable bonds is 7. The van der Waals surface area contributed by atoms with E-state index in [2.05, 4.69) is 66.8 Å². The number of benzene rings is 1. The van der Waals surface area contributed by atoms with Crippen LogP contribution in [0.4, 0.5) is 0 Å². The van der Waals surface area contributed by atoms with Gasteiger partial charge in [-0.15, -0.1) is 24.0 Å². The van der Waals surface area contributed by atoms with Gasteiger partial charge in [0.05, 0.1) is 19.3 Å². The van der Waals surface area contributed by atoms with E-state index >= 15 is 0 Å². The van der Waals surface area contributed by atoms with Crippen molar-refractivity contribution < 1.29 is 4.74 Å². The maximum absolute atomic E-state index is 5.78. The first-order valence-electron chi connectivity index (χ1n) is 9.06. The predicted molar refractivity (Wildman–Crippen MR) is 116 cm³/mol. The first-order chi connectivity index (χ1) is 11.7. The summed E-state index contributed by atoms with van der Waals surface area (Å²) in [5.74, 6) is 0.884. The number of guanidine groups is 1. The zero-order valence-electron chi connectivity index (χ0n) is 15.7. The van der Waals surface area contributed by atoms with E-state index in [1.54, 1.807) is 0 Å². The van der Waals surface area contributed by atoms with Crippen molar-refractivity contribution in [2.45, 2.75) is 38.8 Å². The maximum atomic E-state index is 5.78. The number of hydrogen-bond acceptors (Lipinski definition) is 3. The second-order valence-electron chi connectivity index (χ2n) is 6.54. The van der Waals surface area contributed by atoms with Crippen LogP contribution < -0.4 is 10.6 Å². The van der Waals surface area contributed by atoms with E-state index in [0.717, 1.165) is 45.0 Å². The molecule has 142 valence electrons. The molecule has 0 bridgehead atoms. The first kappa shape index (κ1) is 22.2. The summed E-state index contributed by atoms with van der Waals surface area (Å²) in [5.41, 5.74) is 1.38. The number of hydrogen-bond donors (Lipinski definition) is 2. The molecular weight excluding hydrogens is 427 g/mol. The maximum Gasteiger partial charge on any atom is 0.191 e. The van der Waals surface area contributed by atoms with Crippen molar-refractivity contribution in [1.29, 1.82) is 0 Å². The Hall–Kier alpha value is -0.860. The number of aryl methyl sites for hydroxylation is 1. The third-order valence-electron chi connectivity index (χ3n) is 4.23. The molecule has 2 N–H and O–H groups in total. The van der Waals surface area contributed by atoms with E-state index in [-0.39, 0.29) is 30.1 Å². The third-order valence-corrected chi connectivity index (χ3v) is 4.23. The van der Waals surface area contributed by atoms with Gasteiger partial charge in [-0.05, 0) is 39.3 Å². The van der Waals surface area contributed by atoms with Crippen molar-refractivity contribution in [2.24, 2.45) is 4.99 Å². The van der Waals surface area contributed by atoms with Crippen molar-refractivity contribution in [3.05, 3.63) is 35.9 Å². The lowest BCUT2D eigenvalue weighted by Gasteiger charge is -2.29. The summed E-state index contributed by atoms with van der Waals surface area (Å²) in [7, 11) is 2.13. The highest BCUT2D eigenvalue weighted by molar-refractivity contribution is 14.0. The summed E-state index contributed by atoms with van der Waals surface area (Å²) in [4.78, 5) is 7.01. The molecule has 0 saturated carbocycles. The quantitative estimate of drug-likeness (QED) is 0.373. The van der Waals surface area contributed by atoms with Crippen LogP contribution in [0.15, 0.2) is 35.3 Å². The Balaban J connectivity index is 0.00000312. The van der Waals surface area contributed by atoms with Crippen LogP contribution in [-0.2, 0) is 11.2 Å². The zero-order valence-corrected chi connectivity index (χ0v) is 18.0. The van der Waals surface area contributed by atoms with Gasteiger partial charge < -0.3 is 20.3 Å². The second-order valence-corrected chi connectivity index (χ2v) is 6.54. The largest absolute Gasteiger partial charge is 0.374 e. The lowest BCUT2D eigenvalue weighted by Crippen LogP contribution is -2.45. The van der Waals surface area contributed by atoms with Crippen LogP contribution in [-0.4, -0.2) is 62.8 Å². The van der Waals surface area contributed by atoms with Gasteiger partial charge in [0.2, 0.25) is 0 Å². The summed E-state index contributed by atoms with van der Waals surface area (Å²) >= 11 is 0. The Bertz CT molecular complexity index is 497. The molecule has 0 spiro atoms. The van der Waals surface area contributed by atoms with Gasteiger partial charge in [0.15, 0.2) is 5.96 Å². The fourth-order valence-corrected chi connectivity index (χ4v) is 2.82. The summed E-state index contributed by atoms with van der Waals surface area (Å²) in [6.07, 6.45) is 2.35. The minimum Gasteiger partial charge on any atom is -0.374 e. The van der Waals surface area contributed by atoms with Gasteiger partial charge in [-0.3, -0.25) is 4.99 Å². The standard InChI is InChI=1S/C19H32N4O.HI/c1-4-20-19(21-14-18-15-23(3)12-13-24-18)22-16(2)10-11-17-8-6-5-7-9-17;/h5-9,16,18H,4,10-15H2,1-3H3,(H2,20,21,22);1H. The Labute approximate surface area is 169 Å². The number of likely N-dealkylation sites (N-methyl/N-ethyl adjacent to an activating group) is 1. The molecule has 1 aliphatic rings. The fraction of sp³-hybridized carbons (Fsp3) is 0.632. The van der Waals surface area contributed by atoms with Crippen molar-refractivity contribution >= 4 is 29.9 Å². The van der Waals surface area contributed by atoms with Crippen LogP contribution in [0.5, 0.6) is 0 Å². The van der Waals surface area contributed by atoms with Crippen LogP contribution in [0.1, 0.15) is 25.8 Å². The van der Waals surface area contributed by atoms with E-state index < -0.39 is 0 Å². The summed E-state index contributed by atoms with van der Waals surface area (Å²) in [5, 5.41) is 6.84. The van der Waals surface area contributed by atoms with Gasteiger partial charge in [0, 0.05) is 25.7 Å². The normalized spacial score (nSPS) is 19.8. The van der Waals surface area contributed by atoms with Crippen molar-refractivity contribution in [3.8, 4) is 0 Å². The van der Waals surface area contributed by atoms with Gasteiger partial charge >= 0.3 is 0 Å². The number of nitrogens with zero attached hydrogens (tertiary/aromatic N) is 2. The summed E-state index contributed by atoms with van der Waals surface area (Å²) in [6.45, 7) is 8.63. The van der Waals surface area contributed by atoms with Gasteiger partial charge in [0.25, 0.3) is 0 Å². The molecule has 1 aromatic carbocycles. The van der Waals surface area contributed by atoms with Crippen molar-refractivity contribution in [3.63, 3.8) is 0 Å². The third kappa shape index (κ3) is 8.87. The minimum atomic E-state index is 0. The molecule has 1 saturated heterocycles. The summed E-state index contributed by atoms with van der Waals surface area (Å²) < 4.78 is 5.78. The van der Waals surface area contributed by atoms with E-state index in [0.29, 0.717) is 12.6 Å². The minimum absolute atomic E-state index is 0. The van der Waals surface area contributed by atoms with Crippen molar-refractivity contribution in [2.75, 3.05) is 39.8 Å². The molecule has 0 amide bonds. The molecule has 0 aliphatic carbocycles. The topological polar surface area (TPSA) is 48.9 Å². The second kappa shape index (κ2) is 12.5. The van der Waals surface area contributed by atoms with E-state index in [1.807, 2.05) is 0 Å². The monoisotopic (exact) mass is 460 g/mol. The molecule has 0 aromatic heterocycles. The zero-order chi connectivity index (χ0) is 17.2. The highest BCUT2D eigenvalue weighted by atomic mass is 127. The number of morpholine rings is 1. The highest BCUT2D eigenvalue weighted by Crippen LogP contribution is 2.05. The predicted octanol–water partition coefficient (Wildman–Crippen LogP) is 2.51. The molecule has 2 atom stereocenters. The highest BCUT2D eigenvalue weighted by Gasteiger charge is 2.17. The number of aliphatic imine (C=N–C) groups is 1. The molecule has 5 nitrogen and oxygen atoms in total. The van der Waals surface area contributed by atoms with E-state index in [1.165, 1.54) is 5.56 Å². The van der Waals surface area contributed by atoms with Gasteiger partial charge in [-0.2, -0.15) is 0 Å². The fourth-order valence-electron chi connectivity index (χ4n) is 2.82. The molecular formula is C19H33IN4O. The average molecular weight is 460 g/mol. The van der Waals surface area contributed by atoms with Crippen LogP contribution >= 0.6 is 24.0 Å². The molecule has 1 heterocycles. The smallest absolute Gasteiger partial charge is 0.191 e. The SMILES string of the molecule is CCNC(=NCC1CN(C)CCO1)NC(C)CCc1ccccc1.I.